The number of carbonyl (C=O) groups excluding carboxylic acids is 3. The van der Waals surface area contributed by atoms with Crippen molar-refractivity contribution in [3.63, 3.8) is 0 Å². The fourth-order valence-corrected chi connectivity index (χ4v) is 2.76. The molecule has 0 aliphatic carbocycles. The quantitative estimate of drug-likeness (QED) is 0.468. The zero-order chi connectivity index (χ0) is 22.5. The molecule has 7 heteroatoms. The summed E-state index contributed by atoms with van der Waals surface area (Å²) in [6.45, 7) is 1.66. The van der Waals surface area contributed by atoms with Crippen LogP contribution in [-0.4, -0.2) is 42.3 Å². The first-order chi connectivity index (χ1) is 15.0. The Morgan fingerprint density at radius 2 is 1.61 bits per heavy atom. The molecule has 2 aromatic carbocycles. The number of carbonyl (C=O) groups is 3. The van der Waals surface area contributed by atoms with E-state index in [4.69, 9.17) is 0 Å². The summed E-state index contributed by atoms with van der Waals surface area (Å²) in [6, 6.07) is 20.0. The maximum Gasteiger partial charge on any atom is 0.337 e. The van der Waals surface area contributed by atoms with E-state index in [1.165, 1.54) is 12.7 Å². The molecule has 7 nitrogen and oxygen atoms in total. The number of aromatic nitrogens is 1. The summed E-state index contributed by atoms with van der Waals surface area (Å²) >= 11 is 0. The van der Waals surface area contributed by atoms with Crippen molar-refractivity contribution in [1.29, 1.82) is 0 Å². The van der Waals surface area contributed by atoms with Gasteiger partial charge in [-0.15, -0.1) is 0 Å². The average Bonchev–Trinajstić information content (AvgIpc) is 2.81. The number of imide groups is 1. The van der Waals surface area contributed by atoms with Crippen molar-refractivity contribution in [2.45, 2.75) is 13.1 Å². The van der Waals surface area contributed by atoms with Crippen LogP contribution in [0.15, 0.2) is 79.1 Å². The third-order valence-electron chi connectivity index (χ3n) is 4.23. The van der Waals surface area contributed by atoms with Crippen molar-refractivity contribution >= 4 is 18.3 Å². The van der Waals surface area contributed by atoms with Crippen molar-refractivity contribution < 1.29 is 19.1 Å². The van der Waals surface area contributed by atoms with Crippen molar-refractivity contribution in [1.82, 2.24) is 15.2 Å². The standard InChI is InChI=1S/C16H18N2O2.C8H7NO2/c1-18(12-14-4-3-9-17-10-14)11-13-5-7-15(8-6-13)16(19)20-2;10-6-9-8(11)7-4-2-1-3-5-7/h3-10H,11-12H2,1-2H3;1-6H,(H,9,10,11). The summed E-state index contributed by atoms with van der Waals surface area (Å²) in [4.78, 5) is 38.4. The first-order valence-electron chi connectivity index (χ1n) is 9.57. The lowest BCUT2D eigenvalue weighted by atomic mass is 10.1. The van der Waals surface area contributed by atoms with E-state index in [1.54, 1.807) is 48.7 Å². The fourth-order valence-electron chi connectivity index (χ4n) is 2.76. The lowest BCUT2D eigenvalue weighted by molar-refractivity contribution is -0.108. The fraction of sp³-hybridized carbons (Fsp3) is 0.167. The summed E-state index contributed by atoms with van der Waals surface area (Å²) in [5, 5.41) is 2.04. The number of hydrogen-bond acceptors (Lipinski definition) is 6. The number of ether oxygens (including phenoxy) is 1. The Morgan fingerprint density at radius 1 is 0.935 bits per heavy atom. The van der Waals surface area contributed by atoms with Crippen LogP contribution < -0.4 is 5.32 Å². The normalized spacial score (nSPS) is 9.90. The minimum atomic E-state index is -0.374. The van der Waals surface area contributed by atoms with Crippen LogP contribution in [0.5, 0.6) is 0 Å². The van der Waals surface area contributed by atoms with Gasteiger partial charge in [0, 0.05) is 31.0 Å². The van der Waals surface area contributed by atoms with Gasteiger partial charge in [0.25, 0.3) is 5.91 Å². The van der Waals surface area contributed by atoms with Crippen molar-refractivity contribution in [2.75, 3.05) is 14.2 Å². The highest BCUT2D eigenvalue weighted by Gasteiger charge is 2.06. The van der Waals surface area contributed by atoms with Crippen molar-refractivity contribution in [3.8, 4) is 0 Å². The van der Waals surface area contributed by atoms with Crippen molar-refractivity contribution in [3.05, 3.63) is 101 Å². The van der Waals surface area contributed by atoms with Crippen LogP contribution in [0.3, 0.4) is 0 Å². The summed E-state index contributed by atoms with van der Waals surface area (Å²) in [5.41, 5.74) is 3.40. The van der Waals surface area contributed by atoms with Gasteiger partial charge in [-0.1, -0.05) is 36.4 Å². The Morgan fingerprint density at radius 3 is 2.19 bits per heavy atom. The summed E-state index contributed by atoms with van der Waals surface area (Å²) in [6.07, 6.45) is 4.02. The number of hydrogen-bond donors (Lipinski definition) is 1. The summed E-state index contributed by atoms with van der Waals surface area (Å²) in [7, 11) is 3.44. The van der Waals surface area contributed by atoms with E-state index in [1.807, 2.05) is 29.7 Å². The highest BCUT2D eigenvalue weighted by atomic mass is 16.5. The third-order valence-corrected chi connectivity index (χ3v) is 4.23. The minimum absolute atomic E-state index is 0.305. The summed E-state index contributed by atoms with van der Waals surface area (Å²) in [5.74, 6) is -0.680. The molecule has 160 valence electrons. The van der Waals surface area contributed by atoms with E-state index < -0.39 is 0 Å². The number of esters is 1. The molecule has 3 rings (SSSR count). The maximum atomic E-state index is 11.3. The second-order valence-corrected chi connectivity index (χ2v) is 6.68. The molecule has 0 aliphatic heterocycles. The smallest absolute Gasteiger partial charge is 0.337 e. The van der Waals surface area contributed by atoms with E-state index in [-0.39, 0.29) is 11.9 Å². The molecule has 0 bridgehead atoms. The number of pyridine rings is 1. The van der Waals surface area contributed by atoms with Crippen LogP contribution >= 0.6 is 0 Å². The number of rotatable bonds is 7. The summed E-state index contributed by atoms with van der Waals surface area (Å²) < 4.78 is 4.68. The van der Waals surface area contributed by atoms with Gasteiger partial charge in [0.05, 0.1) is 12.7 Å². The molecule has 2 amide bonds. The number of amides is 2. The van der Waals surface area contributed by atoms with Gasteiger partial charge in [-0.3, -0.25) is 24.8 Å². The minimum Gasteiger partial charge on any atom is -0.465 e. The van der Waals surface area contributed by atoms with Crippen LogP contribution in [0.1, 0.15) is 31.8 Å². The first-order valence-corrected chi connectivity index (χ1v) is 9.57. The van der Waals surface area contributed by atoms with Crippen LogP contribution in [0.4, 0.5) is 0 Å². The molecule has 3 aromatic rings. The highest BCUT2D eigenvalue weighted by Crippen LogP contribution is 2.10. The monoisotopic (exact) mass is 419 g/mol. The Bertz CT molecular complexity index is 961. The zero-order valence-electron chi connectivity index (χ0n) is 17.5. The molecule has 0 aliphatic rings. The van der Waals surface area contributed by atoms with Crippen LogP contribution in [-0.2, 0) is 22.6 Å². The topological polar surface area (TPSA) is 88.6 Å². The van der Waals surface area contributed by atoms with Crippen LogP contribution in [0, 0.1) is 0 Å². The van der Waals surface area contributed by atoms with Gasteiger partial charge in [-0.05, 0) is 48.5 Å². The third kappa shape index (κ3) is 8.20. The second-order valence-electron chi connectivity index (χ2n) is 6.68. The van der Waals surface area contributed by atoms with E-state index in [0.717, 1.165) is 18.7 Å². The molecule has 0 saturated carbocycles. The predicted molar refractivity (Wildman–Crippen MR) is 117 cm³/mol. The largest absolute Gasteiger partial charge is 0.465 e. The predicted octanol–water partition coefficient (Wildman–Crippen LogP) is 3.07. The van der Waals surface area contributed by atoms with Gasteiger partial charge in [0.1, 0.15) is 0 Å². The Labute approximate surface area is 181 Å². The molecule has 0 saturated heterocycles. The number of methoxy groups -OCH3 is 1. The van der Waals surface area contributed by atoms with E-state index in [2.05, 4.69) is 27.7 Å². The van der Waals surface area contributed by atoms with Gasteiger partial charge in [-0.25, -0.2) is 4.79 Å². The lowest BCUT2D eigenvalue weighted by Gasteiger charge is -2.16. The molecule has 0 atom stereocenters. The Kier molecular flexibility index (Phi) is 9.58. The number of nitrogens with zero attached hydrogens (tertiary/aromatic N) is 2. The van der Waals surface area contributed by atoms with E-state index in [9.17, 15) is 14.4 Å². The molecule has 0 fully saturated rings. The van der Waals surface area contributed by atoms with E-state index in [0.29, 0.717) is 17.5 Å². The molecule has 0 spiro atoms. The number of benzene rings is 2. The van der Waals surface area contributed by atoms with Crippen molar-refractivity contribution in [2.24, 2.45) is 0 Å². The van der Waals surface area contributed by atoms with Gasteiger partial charge >= 0.3 is 5.97 Å². The van der Waals surface area contributed by atoms with Gasteiger partial charge < -0.3 is 4.74 Å². The van der Waals surface area contributed by atoms with Crippen LogP contribution in [0.2, 0.25) is 0 Å². The molecule has 0 unspecified atom stereocenters. The second kappa shape index (κ2) is 12.7. The van der Waals surface area contributed by atoms with Gasteiger partial charge in [0.2, 0.25) is 6.41 Å². The molecule has 1 heterocycles. The molecule has 1 aromatic heterocycles. The van der Waals surface area contributed by atoms with Crippen LogP contribution in [0.25, 0.3) is 0 Å². The molecular formula is C24H25N3O4. The zero-order valence-corrected chi connectivity index (χ0v) is 17.5. The lowest BCUT2D eigenvalue weighted by Crippen LogP contribution is -2.20. The average molecular weight is 419 g/mol. The van der Waals surface area contributed by atoms with E-state index >= 15 is 0 Å². The maximum absolute atomic E-state index is 11.3. The number of nitrogens with one attached hydrogen (secondary N) is 1. The molecule has 31 heavy (non-hydrogen) atoms. The molecule has 1 N–H and O–H groups in total. The Hall–Kier alpha value is -3.84. The highest BCUT2D eigenvalue weighted by molar-refractivity contribution is 5.99. The van der Waals surface area contributed by atoms with Gasteiger partial charge in [0.15, 0.2) is 0 Å². The molecular weight excluding hydrogens is 394 g/mol. The SMILES string of the molecule is COC(=O)c1ccc(CN(C)Cc2cccnc2)cc1.O=CNC(=O)c1ccccc1. The van der Waals surface area contributed by atoms with Gasteiger partial charge in [-0.2, -0.15) is 0 Å². The molecule has 0 radical (unpaired) electrons. The first kappa shape index (κ1) is 23.4. The Balaban J connectivity index is 0.000000262.